The zero-order valence-corrected chi connectivity index (χ0v) is 14.2. The van der Waals surface area contributed by atoms with Gasteiger partial charge in [-0.05, 0) is 48.7 Å². The Balaban J connectivity index is 1.88. The number of carbonyl (C=O) groups is 1. The molecule has 1 aromatic carbocycles. The van der Waals surface area contributed by atoms with Crippen molar-refractivity contribution in [1.29, 1.82) is 0 Å². The van der Waals surface area contributed by atoms with Crippen LogP contribution < -0.4 is 5.32 Å². The first kappa shape index (κ1) is 16.6. The van der Waals surface area contributed by atoms with Crippen LogP contribution in [-0.2, 0) is 14.8 Å². The molecule has 6 nitrogen and oxygen atoms in total. The number of amides is 1. The molecule has 0 saturated carbocycles. The molecule has 1 amide bonds. The molecule has 1 unspecified atom stereocenters. The van der Waals surface area contributed by atoms with Gasteiger partial charge in [0.25, 0.3) is 0 Å². The molecule has 1 saturated heterocycles. The molecule has 24 heavy (non-hydrogen) atoms. The van der Waals surface area contributed by atoms with Crippen LogP contribution in [0, 0.1) is 0 Å². The Hall–Kier alpha value is -2.25. The van der Waals surface area contributed by atoms with E-state index in [9.17, 15) is 13.2 Å². The van der Waals surface area contributed by atoms with Gasteiger partial charge in [0.05, 0.1) is 10.9 Å². The van der Waals surface area contributed by atoms with Crippen LogP contribution >= 0.6 is 0 Å². The number of hydrogen-bond donors (Lipinski definition) is 1. The lowest BCUT2D eigenvalue weighted by Crippen LogP contribution is -2.30. The van der Waals surface area contributed by atoms with Gasteiger partial charge in [0.2, 0.25) is 15.9 Å². The fourth-order valence-electron chi connectivity index (χ4n) is 2.98. The largest absolute Gasteiger partial charge is 0.326 e. The molecule has 1 fully saturated rings. The van der Waals surface area contributed by atoms with Crippen molar-refractivity contribution >= 4 is 21.6 Å². The molecule has 0 aliphatic carbocycles. The minimum absolute atomic E-state index is 0.182. The van der Waals surface area contributed by atoms with Crippen LogP contribution in [0.2, 0.25) is 0 Å². The van der Waals surface area contributed by atoms with Crippen molar-refractivity contribution in [1.82, 2.24) is 9.29 Å². The van der Waals surface area contributed by atoms with E-state index in [1.54, 1.807) is 24.5 Å². The van der Waals surface area contributed by atoms with Crippen LogP contribution in [0.5, 0.6) is 0 Å². The zero-order valence-electron chi connectivity index (χ0n) is 13.3. The van der Waals surface area contributed by atoms with Gasteiger partial charge in [0, 0.05) is 31.5 Å². The summed E-state index contributed by atoms with van der Waals surface area (Å²) in [4.78, 5) is 15.4. The summed E-state index contributed by atoms with van der Waals surface area (Å²) >= 11 is 0. The van der Waals surface area contributed by atoms with Crippen LogP contribution in [0.15, 0.2) is 53.7 Å². The number of carbonyl (C=O) groups excluding carboxylic acids is 1. The van der Waals surface area contributed by atoms with Crippen LogP contribution in [0.1, 0.15) is 31.4 Å². The van der Waals surface area contributed by atoms with Gasteiger partial charge in [0.1, 0.15) is 0 Å². The topological polar surface area (TPSA) is 79.4 Å². The smallest absolute Gasteiger partial charge is 0.243 e. The predicted octanol–water partition coefficient (Wildman–Crippen LogP) is 2.57. The number of rotatable bonds is 4. The van der Waals surface area contributed by atoms with Crippen molar-refractivity contribution in [3.63, 3.8) is 0 Å². The fraction of sp³-hybridized carbons (Fsp3) is 0.294. The van der Waals surface area contributed by atoms with Crippen LogP contribution in [-0.4, -0.2) is 30.2 Å². The monoisotopic (exact) mass is 345 g/mol. The molecule has 2 heterocycles. The predicted molar refractivity (Wildman–Crippen MR) is 90.8 cm³/mol. The average Bonchev–Trinajstić information content (AvgIpc) is 3.06. The number of nitrogens with one attached hydrogen (secondary N) is 1. The summed E-state index contributed by atoms with van der Waals surface area (Å²) in [5.74, 6) is -0.193. The first-order chi connectivity index (χ1) is 11.5. The van der Waals surface area contributed by atoms with Gasteiger partial charge in [-0.2, -0.15) is 4.31 Å². The van der Waals surface area contributed by atoms with Crippen LogP contribution in [0.3, 0.4) is 0 Å². The third-order valence-electron chi connectivity index (χ3n) is 4.05. The lowest BCUT2D eigenvalue weighted by atomic mass is 10.1. The van der Waals surface area contributed by atoms with Gasteiger partial charge in [-0.25, -0.2) is 8.42 Å². The first-order valence-electron chi connectivity index (χ1n) is 7.78. The molecule has 1 aliphatic heterocycles. The first-order valence-corrected chi connectivity index (χ1v) is 9.22. The summed E-state index contributed by atoms with van der Waals surface area (Å²) in [5.41, 5.74) is 1.49. The quantitative estimate of drug-likeness (QED) is 0.923. The molecular formula is C17H19N3O3S. The molecule has 0 spiro atoms. The lowest BCUT2D eigenvalue weighted by Gasteiger charge is -2.24. The Morgan fingerprint density at radius 2 is 2.00 bits per heavy atom. The summed E-state index contributed by atoms with van der Waals surface area (Å²) in [6, 6.07) is 9.80. The molecule has 0 bridgehead atoms. The Bertz CT molecular complexity index is 820. The number of sulfonamides is 1. The van der Waals surface area contributed by atoms with Gasteiger partial charge in [-0.1, -0.05) is 6.07 Å². The van der Waals surface area contributed by atoms with E-state index in [0.717, 1.165) is 18.4 Å². The Labute approximate surface area is 141 Å². The molecule has 1 atom stereocenters. The van der Waals surface area contributed by atoms with Crippen molar-refractivity contribution < 1.29 is 13.2 Å². The molecule has 1 aliphatic rings. The number of nitrogens with zero attached hydrogens (tertiary/aromatic N) is 2. The number of pyridine rings is 1. The maximum absolute atomic E-state index is 13.0. The van der Waals surface area contributed by atoms with E-state index in [2.05, 4.69) is 10.3 Å². The summed E-state index contributed by atoms with van der Waals surface area (Å²) in [5, 5.41) is 2.63. The summed E-state index contributed by atoms with van der Waals surface area (Å²) in [6.45, 7) is 1.91. The highest BCUT2D eigenvalue weighted by Gasteiger charge is 2.36. The molecule has 1 N–H and O–H groups in total. The highest BCUT2D eigenvalue weighted by atomic mass is 32.2. The second-order valence-electron chi connectivity index (χ2n) is 5.77. The number of hydrogen-bond acceptors (Lipinski definition) is 4. The van der Waals surface area contributed by atoms with E-state index in [4.69, 9.17) is 0 Å². The zero-order chi connectivity index (χ0) is 17.2. The van der Waals surface area contributed by atoms with Crippen molar-refractivity contribution in [2.75, 3.05) is 11.9 Å². The maximum Gasteiger partial charge on any atom is 0.243 e. The number of benzene rings is 1. The van der Waals surface area contributed by atoms with Crippen LogP contribution in [0.4, 0.5) is 5.69 Å². The van der Waals surface area contributed by atoms with E-state index in [0.29, 0.717) is 12.2 Å². The molecule has 126 valence electrons. The van der Waals surface area contributed by atoms with Crippen LogP contribution in [0.25, 0.3) is 0 Å². The van der Waals surface area contributed by atoms with E-state index >= 15 is 0 Å². The highest BCUT2D eigenvalue weighted by molar-refractivity contribution is 7.89. The van der Waals surface area contributed by atoms with Crippen molar-refractivity contribution in [2.24, 2.45) is 0 Å². The minimum atomic E-state index is -3.59. The molecule has 1 aromatic heterocycles. The molecular weight excluding hydrogens is 326 g/mol. The van der Waals surface area contributed by atoms with Crippen molar-refractivity contribution in [3.8, 4) is 0 Å². The standard InChI is InChI=1S/C17H19N3O3S/c1-13(21)19-15-6-8-16(9-7-15)24(22,23)20-11-3-5-17(20)14-4-2-10-18-12-14/h2,4,6-10,12,17H,3,5,11H2,1H3,(H,19,21). The minimum Gasteiger partial charge on any atom is -0.326 e. The number of anilines is 1. The van der Waals surface area contributed by atoms with Gasteiger partial charge in [-0.15, -0.1) is 0 Å². The van der Waals surface area contributed by atoms with E-state index < -0.39 is 10.0 Å². The lowest BCUT2D eigenvalue weighted by molar-refractivity contribution is -0.114. The normalized spacial score (nSPS) is 18.5. The maximum atomic E-state index is 13.0. The van der Waals surface area contributed by atoms with E-state index in [1.807, 2.05) is 12.1 Å². The second-order valence-corrected chi connectivity index (χ2v) is 7.66. The fourth-order valence-corrected chi connectivity index (χ4v) is 4.67. The summed E-state index contributed by atoms with van der Waals surface area (Å²) < 4.78 is 27.5. The van der Waals surface area contributed by atoms with Crippen molar-refractivity contribution in [2.45, 2.75) is 30.7 Å². The van der Waals surface area contributed by atoms with Gasteiger partial charge >= 0.3 is 0 Å². The third-order valence-corrected chi connectivity index (χ3v) is 5.98. The average molecular weight is 345 g/mol. The summed E-state index contributed by atoms with van der Waals surface area (Å²) in [7, 11) is -3.59. The number of aromatic nitrogens is 1. The van der Waals surface area contributed by atoms with Gasteiger partial charge in [0.15, 0.2) is 0 Å². The Morgan fingerprint density at radius 3 is 2.62 bits per heavy atom. The summed E-state index contributed by atoms with van der Waals surface area (Å²) in [6.07, 6.45) is 5.01. The third kappa shape index (κ3) is 3.32. The van der Waals surface area contributed by atoms with Gasteiger partial charge < -0.3 is 5.32 Å². The molecule has 7 heteroatoms. The highest BCUT2D eigenvalue weighted by Crippen LogP contribution is 2.36. The second kappa shape index (κ2) is 6.70. The van der Waals surface area contributed by atoms with E-state index in [1.165, 1.54) is 23.4 Å². The van der Waals surface area contributed by atoms with Crippen molar-refractivity contribution in [3.05, 3.63) is 54.4 Å². The molecule has 0 radical (unpaired) electrons. The SMILES string of the molecule is CC(=O)Nc1ccc(S(=O)(=O)N2CCCC2c2cccnc2)cc1. The molecule has 3 rings (SSSR count). The molecule has 2 aromatic rings. The van der Waals surface area contributed by atoms with E-state index in [-0.39, 0.29) is 16.8 Å². The Morgan fingerprint density at radius 1 is 1.25 bits per heavy atom. The Kier molecular flexibility index (Phi) is 4.64. The van der Waals surface area contributed by atoms with Gasteiger partial charge in [-0.3, -0.25) is 9.78 Å².